The first kappa shape index (κ1) is 13.7. The van der Waals surface area contributed by atoms with Gasteiger partial charge in [0.25, 0.3) is 0 Å². The zero-order chi connectivity index (χ0) is 10.8. The van der Waals surface area contributed by atoms with Gasteiger partial charge in [0.05, 0.1) is 10.8 Å². The van der Waals surface area contributed by atoms with Crippen molar-refractivity contribution in [2.24, 2.45) is 0 Å². The van der Waals surface area contributed by atoms with Gasteiger partial charge in [0.2, 0.25) is 0 Å². The van der Waals surface area contributed by atoms with Crippen molar-refractivity contribution in [1.29, 1.82) is 0 Å². The molecule has 0 spiro atoms. The molecule has 1 aromatic carbocycles. The molecule has 1 unspecified atom stereocenters. The molecule has 1 atom stereocenters. The van der Waals surface area contributed by atoms with Crippen molar-refractivity contribution in [3.05, 3.63) is 30.3 Å². The Hall–Kier alpha value is -0.340. The van der Waals surface area contributed by atoms with E-state index in [4.69, 9.17) is 11.6 Å². The lowest BCUT2D eigenvalue weighted by molar-refractivity contribution is 0.682. The molecule has 1 nitrogen and oxygen atoms in total. The summed E-state index contributed by atoms with van der Waals surface area (Å²) < 4.78 is 11.5. The highest BCUT2D eigenvalue weighted by molar-refractivity contribution is 7.85. The van der Waals surface area contributed by atoms with Gasteiger partial charge in [-0.1, -0.05) is 32.0 Å². The molecule has 1 rings (SSSR count). The first-order valence-electron chi connectivity index (χ1n) is 4.84. The molecule has 0 aliphatic carbocycles. The summed E-state index contributed by atoms with van der Waals surface area (Å²) in [7, 11) is -0.868. The Labute approximate surface area is 93.9 Å². The van der Waals surface area contributed by atoms with E-state index in [2.05, 4.69) is 0 Å². The maximum absolute atomic E-state index is 11.5. The van der Waals surface area contributed by atoms with Crippen LogP contribution in [0.2, 0.25) is 0 Å². The molecule has 0 fully saturated rings. The van der Waals surface area contributed by atoms with Crippen LogP contribution >= 0.6 is 11.6 Å². The average Bonchev–Trinajstić information content (AvgIpc) is 2.30. The van der Waals surface area contributed by atoms with Crippen LogP contribution in [-0.2, 0) is 10.8 Å². The third-order valence-corrected chi connectivity index (χ3v) is 3.19. The van der Waals surface area contributed by atoms with Gasteiger partial charge in [0.1, 0.15) is 0 Å². The van der Waals surface area contributed by atoms with Crippen molar-refractivity contribution >= 4 is 22.4 Å². The van der Waals surface area contributed by atoms with Gasteiger partial charge in [-0.3, -0.25) is 4.21 Å². The van der Waals surface area contributed by atoms with E-state index < -0.39 is 10.8 Å². The van der Waals surface area contributed by atoms with E-state index in [0.29, 0.717) is 11.6 Å². The van der Waals surface area contributed by atoms with Crippen molar-refractivity contribution in [3.8, 4) is 0 Å². The number of hydrogen-bond acceptors (Lipinski definition) is 1. The lowest BCUT2D eigenvalue weighted by Gasteiger charge is -1.98. The summed E-state index contributed by atoms with van der Waals surface area (Å²) in [6.07, 6.45) is 0.809. The predicted molar refractivity (Wildman–Crippen MR) is 64.4 cm³/mol. The monoisotopic (exact) mass is 232 g/mol. The second kappa shape index (κ2) is 9.22. The molecule has 80 valence electrons. The second-order valence-corrected chi connectivity index (χ2v) is 4.35. The smallest absolute Gasteiger partial charge is 0.0529 e. The Bertz CT molecular complexity index is 249. The highest BCUT2D eigenvalue weighted by Crippen LogP contribution is 2.06. The molecule has 0 saturated carbocycles. The van der Waals surface area contributed by atoms with Crippen LogP contribution in [0.5, 0.6) is 0 Å². The second-order valence-electron chi connectivity index (χ2n) is 2.41. The number of rotatable bonds is 4. The number of benzene rings is 1. The summed E-state index contributed by atoms with van der Waals surface area (Å²) in [6.45, 7) is 4.00. The van der Waals surface area contributed by atoms with Gasteiger partial charge in [0.15, 0.2) is 0 Å². The maximum Gasteiger partial charge on any atom is 0.0529 e. The Balaban J connectivity index is 0.000000791. The first-order valence-corrected chi connectivity index (χ1v) is 6.69. The Morgan fingerprint density at radius 1 is 1.21 bits per heavy atom. The van der Waals surface area contributed by atoms with E-state index in [0.717, 1.165) is 11.3 Å². The van der Waals surface area contributed by atoms with Crippen LogP contribution < -0.4 is 0 Å². The maximum atomic E-state index is 11.5. The topological polar surface area (TPSA) is 17.1 Å². The van der Waals surface area contributed by atoms with Crippen molar-refractivity contribution in [2.75, 3.05) is 11.6 Å². The van der Waals surface area contributed by atoms with Crippen LogP contribution in [0, 0.1) is 0 Å². The third-order valence-electron chi connectivity index (χ3n) is 1.47. The van der Waals surface area contributed by atoms with Gasteiger partial charge in [-0.2, -0.15) is 0 Å². The molecule has 3 heteroatoms. The third kappa shape index (κ3) is 5.40. The Kier molecular flexibility index (Phi) is 9.00. The molecule has 1 aromatic rings. The van der Waals surface area contributed by atoms with Gasteiger partial charge in [-0.05, 0) is 18.6 Å². The highest BCUT2D eigenvalue weighted by atomic mass is 35.5. The highest BCUT2D eigenvalue weighted by Gasteiger charge is 2.00. The minimum Gasteiger partial charge on any atom is -0.254 e. The molecule has 0 heterocycles. The predicted octanol–water partition coefficient (Wildman–Crippen LogP) is 3.45. The van der Waals surface area contributed by atoms with Crippen molar-refractivity contribution < 1.29 is 4.21 Å². The zero-order valence-electron chi connectivity index (χ0n) is 8.70. The summed E-state index contributed by atoms with van der Waals surface area (Å²) in [5, 5.41) is 0. The van der Waals surface area contributed by atoms with E-state index in [9.17, 15) is 4.21 Å². The Morgan fingerprint density at radius 2 is 1.79 bits per heavy atom. The van der Waals surface area contributed by atoms with Gasteiger partial charge < -0.3 is 0 Å². The van der Waals surface area contributed by atoms with E-state index in [1.165, 1.54) is 0 Å². The quantitative estimate of drug-likeness (QED) is 0.727. The molecule has 14 heavy (non-hydrogen) atoms. The molecular formula is C11H17ClOS. The fourth-order valence-corrected chi connectivity index (χ4v) is 2.27. The molecule has 0 N–H and O–H groups in total. The summed E-state index contributed by atoms with van der Waals surface area (Å²) in [5.41, 5.74) is 0. The first-order chi connectivity index (χ1) is 6.84. The van der Waals surface area contributed by atoms with Gasteiger partial charge >= 0.3 is 0 Å². The lowest BCUT2D eigenvalue weighted by atomic mass is 10.4. The number of alkyl halides is 1. The standard InChI is InChI=1S/C9H11ClOS.C2H6/c10-7-4-8-12(11)9-5-2-1-3-6-9;1-2/h1-3,5-6H,4,7-8H2;1-2H3. The van der Waals surface area contributed by atoms with Gasteiger partial charge in [-0.15, -0.1) is 11.6 Å². The molecule has 0 amide bonds. The normalized spacial score (nSPS) is 11.4. The molecular weight excluding hydrogens is 216 g/mol. The van der Waals surface area contributed by atoms with Crippen LogP contribution in [0.25, 0.3) is 0 Å². The SMILES string of the molecule is CC.O=S(CCCCl)c1ccccc1. The summed E-state index contributed by atoms with van der Waals surface area (Å²) in [4.78, 5) is 0.891. The van der Waals surface area contributed by atoms with Crippen molar-refractivity contribution in [2.45, 2.75) is 25.2 Å². The number of halogens is 1. The van der Waals surface area contributed by atoms with E-state index in [1.807, 2.05) is 44.2 Å². The molecule has 0 radical (unpaired) electrons. The fraction of sp³-hybridized carbons (Fsp3) is 0.455. The largest absolute Gasteiger partial charge is 0.254 e. The lowest BCUT2D eigenvalue weighted by Crippen LogP contribution is -1.97. The summed E-state index contributed by atoms with van der Waals surface area (Å²) in [6, 6.07) is 9.47. The summed E-state index contributed by atoms with van der Waals surface area (Å²) >= 11 is 5.50. The zero-order valence-corrected chi connectivity index (χ0v) is 10.3. The fourth-order valence-electron chi connectivity index (χ4n) is 0.876. The molecule has 0 aliphatic heterocycles. The van der Waals surface area contributed by atoms with Gasteiger partial charge in [0, 0.05) is 16.5 Å². The Morgan fingerprint density at radius 3 is 2.29 bits per heavy atom. The van der Waals surface area contributed by atoms with Crippen molar-refractivity contribution in [1.82, 2.24) is 0 Å². The minimum absolute atomic E-state index is 0.582. The van der Waals surface area contributed by atoms with E-state index in [-0.39, 0.29) is 0 Å². The van der Waals surface area contributed by atoms with Crippen LogP contribution in [0.3, 0.4) is 0 Å². The van der Waals surface area contributed by atoms with Crippen LogP contribution in [0.15, 0.2) is 35.2 Å². The molecule has 0 saturated heterocycles. The van der Waals surface area contributed by atoms with Crippen LogP contribution in [-0.4, -0.2) is 15.8 Å². The molecule has 0 bridgehead atoms. The van der Waals surface area contributed by atoms with Crippen molar-refractivity contribution in [3.63, 3.8) is 0 Å². The summed E-state index contributed by atoms with van der Waals surface area (Å²) in [5.74, 6) is 1.24. The van der Waals surface area contributed by atoms with Gasteiger partial charge in [-0.25, -0.2) is 0 Å². The average molecular weight is 233 g/mol. The van der Waals surface area contributed by atoms with E-state index >= 15 is 0 Å². The molecule has 0 aliphatic rings. The van der Waals surface area contributed by atoms with E-state index in [1.54, 1.807) is 0 Å². The molecule has 0 aromatic heterocycles. The van der Waals surface area contributed by atoms with Crippen LogP contribution in [0.1, 0.15) is 20.3 Å². The number of hydrogen-bond donors (Lipinski definition) is 0. The van der Waals surface area contributed by atoms with Crippen LogP contribution in [0.4, 0.5) is 0 Å². The minimum atomic E-state index is -0.868.